The SMILES string of the molecule is C=CCC[C@H](N)c1c(F)cc(C(F)(F)F)cc1C(F)(F)F.Cl. The summed E-state index contributed by atoms with van der Waals surface area (Å²) in [5.41, 5.74) is 1.10. The Morgan fingerprint density at radius 1 is 1.09 bits per heavy atom. The monoisotopic (exact) mass is 351 g/mol. The number of hydrogen-bond acceptors (Lipinski definition) is 1. The van der Waals surface area contributed by atoms with Crippen molar-refractivity contribution in [2.75, 3.05) is 0 Å². The predicted molar refractivity (Wildman–Crippen MR) is 70.0 cm³/mol. The van der Waals surface area contributed by atoms with Gasteiger partial charge in [0.15, 0.2) is 0 Å². The molecule has 1 atom stereocenters. The molecular formula is C13H13ClF7N. The number of hydrogen-bond donors (Lipinski definition) is 1. The standard InChI is InChI=1S/C13H12F7N.ClH/c1-2-3-4-10(21)11-8(13(18,19)20)5-7(6-9(11)14)12(15,16)17;/h2,5-6,10H,1,3-4,21H2;1H/t10-;/m0./s1. The summed E-state index contributed by atoms with van der Waals surface area (Å²) in [5.74, 6) is -1.62. The van der Waals surface area contributed by atoms with Crippen LogP contribution < -0.4 is 5.73 Å². The molecule has 0 saturated heterocycles. The molecule has 1 rings (SSSR count). The van der Waals surface area contributed by atoms with Gasteiger partial charge < -0.3 is 5.73 Å². The molecule has 0 saturated carbocycles. The van der Waals surface area contributed by atoms with Crippen molar-refractivity contribution in [3.63, 3.8) is 0 Å². The van der Waals surface area contributed by atoms with Gasteiger partial charge in [-0.15, -0.1) is 19.0 Å². The zero-order valence-electron chi connectivity index (χ0n) is 11.1. The molecular weight excluding hydrogens is 339 g/mol. The number of nitrogens with two attached hydrogens (primary N) is 1. The van der Waals surface area contributed by atoms with Gasteiger partial charge in [-0.05, 0) is 25.0 Å². The van der Waals surface area contributed by atoms with E-state index in [-0.39, 0.29) is 37.4 Å². The van der Waals surface area contributed by atoms with Crippen LogP contribution in [0.1, 0.15) is 35.6 Å². The first kappa shape index (κ1) is 20.7. The van der Waals surface area contributed by atoms with Gasteiger partial charge in [-0.1, -0.05) is 6.08 Å². The minimum atomic E-state index is -5.14. The molecule has 126 valence electrons. The molecule has 0 radical (unpaired) electrons. The smallest absolute Gasteiger partial charge is 0.324 e. The Bertz CT molecular complexity index is 522. The van der Waals surface area contributed by atoms with Crippen molar-refractivity contribution in [3.8, 4) is 0 Å². The fourth-order valence-corrected chi connectivity index (χ4v) is 1.83. The molecule has 0 aliphatic heterocycles. The van der Waals surface area contributed by atoms with Crippen LogP contribution in [0.25, 0.3) is 0 Å². The number of allylic oxidation sites excluding steroid dienone is 1. The number of alkyl halides is 6. The first-order chi connectivity index (χ1) is 9.48. The minimum absolute atomic E-state index is 0. The Kier molecular flexibility index (Phi) is 6.90. The molecule has 1 aromatic carbocycles. The summed E-state index contributed by atoms with van der Waals surface area (Å²) in [4.78, 5) is 0. The van der Waals surface area contributed by atoms with Crippen molar-refractivity contribution in [3.05, 3.63) is 47.3 Å². The summed E-state index contributed by atoms with van der Waals surface area (Å²) in [6, 6.07) is -1.47. The summed E-state index contributed by atoms with van der Waals surface area (Å²) >= 11 is 0. The van der Waals surface area contributed by atoms with Crippen LogP contribution in [0, 0.1) is 5.82 Å². The average Bonchev–Trinajstić information content (AvgIpc) is 2.32. The first-order valence-corrected chi connectivity index (χ1v) is 5.82. The van der Waals surface area contributed by atoms with Gasteiger partial charge in [-0.2, -0.15) is 26.3 Å². The fourth-order valence-electron chi connectivity index (χ4n) is 1.83. The molecule has 0 spiro atoms. The lowest BCUT2D eigenvalue weighted by molar-refractivity contribution is -0.144. The van der Waals surface area contributed by atoms with Gasteiger partial charge in [0.2, 0.25) is 0 Å². The molecule has 0 aliphatic carbocycles. The van der Waals surface area contributed by atoms with E-state index in [9.17, 15) is 30.7 Å². The summed E-state index contributed by atoms with van der Waals surface area (Å²) in [7, 11) is 0. The zero-order chi connectivity index (χ0) is 16.4. The van der Waals surface area contributed by atoms with Crippen molar-refractivity contribution in [2.24, 2.45) is 5.73 Å². The van der Waals surface area contributed by atoms with Crippen molar-refractivity contribution < 1.29 is 30.7 Å². The van der Waals surface area contributed by atoms with Crippen molar-refractivity contribution >= 4 is 12.4 Å². The fraction of sp³-hybridized carbons (Fsp3) is 0.385. The van der Waals surface area contributed by atoms with E-state index in [1.54, 1.807) is 0 Å². The van der Waals surface area contributed by atoms with Crippen molar-refractivity contribution in [2.45, 2.75) is 31.2 Å². The molecule has 0 unspecified atom stereocenters. The lowest BCUT2D eigenvalue weighted by Gasteiger charge is -2.20. The van der Waals surface area contributed by atoms with Crippen LogP contribution in [0.2, 0.25) is 0 Å². The van der Waals surface area contributed by atoms with Gasteiger partial charge >= 0.3 is 12.4 Å². The third-order valence-corrected chi connectivity index (χ3v) is 2.81. The van der Waals surface area contributed by atoms with Gasteiger partial charge in [0.1, 0.15) is 5.82 Å². The average molecular weight is 352 g/mol. The second-order valence-corrected chi connectivity index (χ2v) is 4.39. The van der Waals surface area contributed by atoms with Gasteiger partial charge in [-0.3, -0.25) is 0 Å². The molecule has 0 aliphatic rings. The first-order valence-electron chi connectivity index (χ1n) is 5.82. The van der Waals surface area contributed by atoms with Crippen LogP contribution >= 0.6 is 12.4 Å². The Balaban J connectivity index is 0.00000441. The predicted octanol–water partition coefficient (Wildman–Crippen LogP) is 5.25. The van der Waals surface area contributed by atoms with Crippen LogP contribution in [0.5, 0.6) is 0 Å². The molecule has 9 heteroatoms. The molecule has 0 amide bonds. The zero-order valence-corrected chi connectivity index (χ0v) is 11.9. The summed E-state index contributed by atoms with van der Waals surface area (Å²) < 4.78 is 89.8. The molecule has 2 N–H and O–H groups in total. The van der Waals surface area contributed by atoms with Gasteiger partial charge in [0, 0.05) is 11.6 Å². The molecule has 22 heavy (non-hydrogen) atoms. The van der Waals surface area contributed by atoms with Crippen molar-refractivity contribution in [1.29, 1.82) is 0 Å². The summed E-state index contributed by atoms with van der Waals surface area (Å²) in [6.45, 7) is 3.35. The van der Waals surface area contributed by atoms with Gasteiger partial charge in [0.25, 0.3) is 0 Å². The highest BCUT2D eigenvalue weighted by Gasteiger charge is 2.40. The van der Waals surface area contributed by atoms with E-state index in [2.05, 4.69) is 6.58 Å². The Labute approximate surface area is 128 Å². The van der Waals surface area contributed by atoms with E-state index < -0.39 is 40.9 Å². The van der Waals surface area contributed by atoms with Crippen molar-refractivity contribution in [1.82, 2.24) is 0 Å². The topological polar surface area (TPSA) is 26.0 Å². The largest absolute Gasteiger partial charge is 0.416 e. The van der Waals surface area contributed by atoms with Crippen LogP contribution in [0.4, 0.5) is 30.7 Å². The van der Waals surface area contributed by atoms with E-state index in [0.717, 1.165) is 0 Å². The van der Waals surface area contributed by atoms with E-state index in [0.29, 0.717) is 0 Å². The van der Waals surface area contributed by atoms with Gasteiger partial charge in [0.05, 0.1) is 11.1 Å². The Morgan fingerprint density at radius 2 is 1.64 bits per heavy atom. The Morgan fingerprint density at radius 3 is 2.05 bits per heavy atom. The quantitative estimate of drug-likeness (QED) is 0.582. The molecule has 1 nitrogen and oxygen atoms in total. The molecule has 0 heterocycles. The number of halogens is 8. The maximum atomic E-state index is 13.7. The molecule has 1 aromatic rings. The van der Waals surface area contributed by atoms with Crippen LogP contribution in [-0.4, -0.2) is 0 Å². The van der Waals surface area contributed by atoms with E-state index >= 15 is 0 Å². The molecule has 0 aromatic heterocycles. The number of rotatable bonds is 4. The highest BCUT2D eigenvalue weighted by molar-refractivity contribution is 5.85. The van der Waals surface area contributed by atoms with Crippen LogP contribution in [0.15, 0.2) is 24.8 Å². The molecule has 0 fully saturated rings. The second-order valence-electron chi connectivity index (χ2n) is 4.39. The van der Waals surface area contributed by atoms with Gasteiger partial charge in [-0.25, -0.2) is 4.39 Å². The van der Waals surface area contributed by atoms with E-state index in [1.807, 2.05) is 0 Å². The minimum Gasteiger partial charge on any atom is -0.324 e. The number of benzene rings is 1. The highest BCUT2D eigenvalue weighted by Crippen LogP contribution is 2.40. The van der Waals surface area contributed by atoms with Crippen LogP contribution in [-0.2, 0) is 12.4 Å². The van der Waals surface area contributed by atoms with Crippen LogP contribution in [0.3, 0.4) is 0 Å². The second kappa shape index (κ2) is 7.32. The Hall–Kier alpha value is -1.28. The third-order valence-electron chi connectivity index (χ3n) is 2.81. The summed E-state index contributed by atoms with van der Waals surface area (Å²) in [6.07, 6.45) is -8.70. The van der Waals surface area contributed by atoms with E-state index in [1.165, 1.54) is 6.08 Å². The lowest BCUT2D eigenvalue weighted by atomic mass is 9.94. The molecule has 0 bridgehead atoms. The maximum absolute atomic E-state index is 13.7. The normalized spacial score (nSPS) is 13.5. The lowest BCUT2D eigenvalue weighted by Crippen LogP contribution is -2.21. The maximum Gasteiger partial charge on any atom is 0.416 e. The third kappa shape index (κ3) is 4.88. The highest BCUT2D eigenvalue weighted by atomic mass is 35.5. The van der Waals surface area contributed by atoms with E-state index in [4.69, 9.17) is 5.73 Å². The summed E-state index contributed by atoms with van der Waals surface area (Å²) in [5, 5.41) is 0.